The van der Waals surface area contributed by atoms with Crippen LogP contribution in [0.3, 0.4) is 0 Å². The van der Waals surface area contributed by atoms with Crippen LogP contribution in [0, 0.1) is 13.8 Å². The van der Waals surface area contributed by atoms with E-state index in [2.05, 4.69) is 20.8 Å². The van der Waals surface area contributed by atoms with Crippen molar-refractivity contribution in [2.24, 2.45) is 0 Å². The molecule has 3 aromatic rings. The molecule has 0 unspecified atom stereocenters. The van der Waals surface area contributed by atoms with Crippen LogP contribution in [0.15, 0.2) is 48.5 Å². The van der Waals surface area contributed by atoms with Gasteiger partial charge in [-0.3, -0.25) is 10.1 Å². The van der Waals surface area contributed by atoms with E-state index in [-0.39, 0.29) is 11.9 Å². The minimum absolute atomic E-state index is 0.237. The highest BCUT2D eigenvalue weighted by Gasteiger charge is 2.34. The predicted molar refractivity (Wildman–Crippen MR) is 119 cm³/mol. The third kappa shape index (κ3) is 4.49. The van der Waals surface area contributed by atoms with Crippen molar-refractivity contribution < 1.29 is 9.59 Å². The maximum atomic E-state index is 12.8. The Hall–Kier alpha value is -3.26. The third-order valence-electron chi connectivity index (χ3n) is 5.01. The number of anilines is 2. The maximum Gasteiger partial charge on any atom is 0.322 e. The Morgan fingerprint density at radius 3 is 2.57 bits per heavy atom. The number of nitrogens with one attached hydrogen (secondary N) is 2. The summed E-state index contributed by atoms with van der Waals surface area (Å²) in [5.74, 6) is -0.237. The number of carbonyl (C=O) groups is 2. The predicted octanol–water partition coefficient (Wildman–Crippen LogP) is 4.46. The molecule has 1 atom stereocenters. The van der Waals surface area contributed by atoms with Crippen LogP contribution in [0.2, 0.25) is 0 Å². The van der Waals surface area contributed by atoms with Crippen LogP contribution < -0.4 is 10.6 Å². The van der Waals surface area contributed by atoms with Crippen molar-refractivity contribution in [3.8, 4) is 10.6 Å². The van der Waals surface area contributed by atoms with E-state index in [0.29, 0.717) is 18.1 Å². The number of hydrogen-bond acceptors (Lipinski definition) is 5. The molecule has 4 rings (SSSR count). The van der Waals surface area contributed by atoms with E-state index in [9.17, 15) is 9.59 Å². The molecule has 154 valence electrons. The molecule has 3 amide bonds. The summed E-state index contributed by atoms with van der Waals surface area (Å²) in [6.45, 7) is 4.53. The van der Waals surface area contributed by atoms with Crippen molar-refractivity contribution >= 4 is 34.1 Å². The highest BCUT2D eigenvalue weighted by Crippen LogP contribution is 2.28. The summed E-state index contributed by atoms with van der Waals surface area (Å²) in [6, 6.07) is 14.8. The van der Waals surface area contributed by atoms with Gasteiger partial charge in [-0.25, -0.2) is 4.79 Å². The molecule has 1 aliphatic heterocycles. The van der Waals surface area contributed by atoms with Crippen LogP contribution in [-0.4, -0.2) is 39.6 Å². The van der Waals surface area contributed by atoms with Gasteiger partial charge in [0.15, 0.2) is 0 Å². The fourth-order valence-electron chi connectivity index (χ4n) is 3.56. The molecular formula is C22H23N5O2S. The second-order valence-electron chi connectivity index (χ2n) is 7.42. The first-order valence-electron chi connectivity index (χ1n) is 9.85. The molecule has 1 aliphatic rings. The molecule has 1 aromatic heterocycles. The van der Waals surface area contributed by atoms with Gasteiger partial charge in [0.25, 0.3) is 0 Å². The van der Waals surface area contributed by atoms with E-state index in [1.54, 1.807) is 4.90 Å². The highest BCUT2D eigenvalue weighted by atomic mass is 32.1. The number of likely N-dealkylation sites (tertiary alicyclic amines) is 1. The summed E-state index contributed by atoms with van der Waals surface area (Å²) in [7, 11) is 0. The largest absolute Gasteiger partial charge is 0.322 e. The van der Waals surface area contributed by atoms with E-state index in [1.165, 1.54) is 11.3 Å². The second-order valence-corrected chi connectivity index (χ2v) is 8.40. The Labute approximate surface area is 179 Å². The van der Waals surface area contributed by atoms with Gasteiger partial charge in [-0.1, -0.05) is 47.2 Å². The van der Waals surface area contributed by atoms with E-state index in [0.717, 1.165) is 33.8 Å². The van der Waals surface area contributed by atoms with Crippen LogP contribution in [0.25, 0.3) is 10.6 Å². The average molecular weight is 422 g/mol. The van der Waals surface area contributed by atoms with Crippen molar-refractivity contribution in [2.45, 2.75) is 32.7 Å². The second kappa shape index (κ2) is 8.62. The summed E-state index contributed by atoms with van der Waals surface area (Å²) < 4.78 is 0. The fraction of sp³-hybridized carbons (Fsp3) is 0.273. The number of nitrogens with zero attached hydrogens (tertiary/aromatic N) is 3. The van der Waals surface area contributed by atoms with Gasteiger partial charge in [-0.15, -0.1) is 10.2 Å². The van der Waals surface area contributed by atoms with Gasteiger partial charge in [0.2, 0.25) is 11.0 Å². The van der Waals surface area contributed by atoms with Gasteiger partial charge in [0.1, 0.15) is 11.0 Å². The summed E-state index contributed by atoms with van der Waals surface area (Å²) in [5, 5.41) is 15.2. The number of aryl methyl sites for hydroxylation is 2. The molecule has 1 saturated heterocycles. The van der Waals surface area contributed by atoms with Crippen LogP contribution >= 0.6 is 11.3 Å². The molecular weight excluding hydrogens is 398 g/mol. The molecule has 2 heterocycles. The monoisotopic (exact) mass is 421 g/mol. The molecule has 1 fully saturated rings. The molecule has 0 radical (unpaired) electrons. The van der Waals surface area contributed by atoms with Gasteiger partial charge in [-0.05, 0) is 50.5 Å². The van der Waals surface area contributed by atoms with Gasteiger partial charge in [0, 0.05) is 17.8 Å². The molecule has 0 spiro atoms. The molecule has 0 saturated carbocycles. The number of aromatic nitrogens is 2. The summed E-state index contributed by atoms with van der Waals surface area (Å²) in [6.07, 6.45) is 1.40. The van der Waals surface area contributed by atoms with E-state index in [1.807, 2.05) is 62.4 Å². The van der Waals surface area contributed by atoms with Crippen LogP contribution in [0.4, 0.5) is 15.6 Å². The number of amides is 3. The molecule has 0 bridgehead atoms. The Balaban J connectivity index is 1.42. The summed E-state index contributed by atoms with van der Waals surface area (Å²) >= 11 is 1.32. The third-order valence-corrected chi connectivity index (χ3v) is 5.89. The quantitative estimate of drug-likeness (QED) is 0.651. The number of urea groups is 1. The van der Waals surface area contributed by atoms with Gasteiger partial charge in [0.05, 0.1) is 0 Å². The summed E-state index contributed by atoms with van der Waals surface area (Å²) in [4.78, 5) is 27.1. The smallest absolute Gasteiger partial charge is 0.312 e. The summed E-state index contributed by atoms with van der Waals surface area (Å²) in [5.41, 5.74) is 3.88. The number of rotatable bonds is 4. The van der Waals surface area contributed by atoms with Crippen molar-refractivity contribution in [3.63, 3.8) is 0 Å². The molecule has 7 nitrogen and oxygen atoms in total. The van der Waals surface area contributed by atoms with Crippen molar-refractivity contribution in [1.82, 2.24) is 15.1 Å². The van der Waals surface area contributed by atoms with E-state index >= 15 is 0 Å². The first-order valence-corrected chi connectivity index (χ1v) is 10.7. The Kier molecular flexibility index (Phi) is 5.76. The maximum absolute atomic E-state index is 12.8. The molecule has 30 heavy (non-hydrogen) atoms. The zero-order valence-electron chi connectivity index (χ0n) is 16.9. The minimum Gasteiger partial charge on any atom is -0.312 e. The zero-order chi connectivity index (χ0) is 21.1. The average Bonchev–Trinajstić information content (AvgIpc) is 3.38. The normalized spacial score (nSPS) is 15.8. The van der Waals surface area contributed by atoms with Crippen LogP contribution in [0.1, 0.15) is 24.0 Å². The lowest BCUT2D eigenvalue weighted by molar-refractivity contribution is -0.119. The fourth-order valence-corrected chi connectivity index (χ4v) is 4.30. The first kappa shape index (κ1) is 20.0. The first-order chi connectivity index (χ1) is 14.5. The van der Waals surface area contributed by atoms with Crippen molar-refractivity contribution in [3.05, 3.63) is 59.7 Å². The standard InChI is InChI=1S/C22H23N5O2S/c1-14-6-3-8-16(12-14)20-25-26-21(30-20)24-19(28)18-10-5-11-27(18)22(29)23-17-9-4-7-15(2)13-17/h3-4,6-9,12-13,18H,5,10-11H2,1-2H3,(H,23,29)(H,24,26,28)/t18-/m0/s1. The molecule has 0 aliphatic carbocycles. The Morgan fingerprint density at radius 2 is 1.80 bits per heavy atom. The van der Waals surface area contributed by atoms with Gasteiger partial charge in [-0.2, -0.15) is 0 Å². The van der Waals surface area contributed by atoms with Gasteiger partial charge >= 0.3 is 6.03 Å². The Bertz CT molecular complexity index is 1080. The van der Waals surface area contributed by atoms with Crippen LogP contribution in [0.5, 0.6) is 0 Å². The molecule has 8 heteroatoms. The topological polar surface area (TPSA) is 87.2 Å². The van der Waals surface area contributed by atoms with E-state index < -0.39 is 6.04 Å². The Morgan fingerprint density at radius 1 is 1.03 bits per heavy atom. The number of carbonyl (C=O) groups excluding carboxylic acids is 2. The number of hydrogen-bond donors (Lipinski definition) is 2. The van der Waals surface area contributed by atoms with E-state index in [4.69, 9.17) is 0 Å². The highest BCUT2D eigenvalue weighted by molar-refractivity contribution is 7.18. The SMILES string of the molecule is Cc1cccc(NC(=O)N2CCC[C@H]2C(=O)Nc2nnc(-c3cccc(C)c3)s2)c1. The van der Waals surface area contributed by atoms with Crippen molar-refractivity contribution in [2.75, 3.05) is 17.2 Å². The van der Waals surface area contributed by atoms with Gasteiger partial charge < -0.3 is 10.2 Å². The minimum atomic E-state index is -0.527. The zero-order valence-corrected chi connectivity index (χ0v) is 17.7. The van der Waals surface area contributed by atoms with Crippen LogP contribution in [-0.2, 0) is 4.79 Å². The lowest BCUT2D eigenvalue weighted by atomic mass is 10.1. The molecule has 2 N–H and O–H groups in total. The lowest BCUT2D eigenvalue weighted by Gasteiger charge is -2.23. The van der Waals surface area contributed by atoms with Crippen molar-refractivity contribution in [1.29, 1.82) is 0 Å². The lowest BCUT2D eigenvalue weighted by Crippen LogP contribution is -2.45. The number of benzene rings is 2. The molecule has 2 aromatic carbocycles.